The zero-order valence-electron chi connectivity index (χ0n) is 13.1. The summed E-state index contributed by atoms with van der Waals surface area (Å²) in [4.78, 5) is 0. The van der Waals surface area contributed by atoms with Crippen molar-refractivity contribution in [1.29, 1.82) is 0 Å². The number of hydrogen-bond acceptors (Lipinski definition) is 4. The second-order valence-electron chi connectivity index (χ2n) is 5.30. The van der Waals surface area contributed by atoms with Crippen LogP contribution in [0.5, 0.6) is 0 Å². The molecule has 0 N–H and O–H groups in total. The Labute approximate surface area is 149 Å². The molecule has 0 atom stereocenters. The van der Waals surface area contributed by atoms with Gasteiger partial charge in [0.25, 0.3) is 0 Å². The second kappa shape index (κ2) is 17.6. The minimum Gasteiger partial charge on any atom is -0.222 e. The molecule has 0 bridgehead atoms. The van der Waals surface area contributed by atoms with Gasteiger partial charge in [0, 0.05) is 19.5 Å². The third kappa shape index (κ3) is 28.4. The molecule has 0 spiro atoms. The largest absolute Gasteiger partial charge is 0.222 e. The summed E-state index contributed by atoms with van der Waals surface area (Å²) in [5.74, 6) is 0. The molecule has 0 saturated heterocycles. The van der Waals surface area contributed by atoms with Gasteiger partial charge in [0.1, 0.15) is 0 Å². The van der Waals surface area contributed by atoms with E-state index < -0.39 is 10.2 Å². The van der Waals surface area contributed by atoms with E-state index in [1.165, 1.54) is 77.0 Å². The Bertz CT molecular complexity index is 230. The fourth-order valence-corrected chi connectivity index (χ4v) is 2.23. The second-order valence-corrected chi connectivity index (χ2v) is 6.06. The molecule has 0 heterocycles. The van der Waals surface area contributed by atoms with Crippen LogP contribution in [-0.2, 0) is 19.5 Å². The van der Waals surface area contributed by atoms with Gasteiger partial charge in [-0.25, -0.2) is 18.6 Å². The van der Waals surface area contributed by atoms with Crippen LogP contribution in [0.15, 0.2) is 24.3 Å². The SMILES string of the molecule is C1=C\CCCCCC/1.C1=C\CCCCCC/1.[O-][Cl+3]([O-])([O-])[O-].[Rh]. The fourth-order valence-electron chi connectivity index (χ4n) is 2.23. The van der Waals surface area contributed by atoms with E-state index in [-0.39, 0.29) is 19.5 Å². The van der Waals surface area contributed by atoms with Crippen molar-refractivity contribution in [3.8, 4) is 0 Å². The van der Waals surface area contributed by atoms with E-state index in [9.17, 15) is 0 Å². The Hall–Kier alpha value is 0.233. The van der Waals surface area contributed by atoms with E-state index in [4.69, 9.17) is 18.6 Å². The van der Waals surface area contributed by atoms with Crippen LogP contribution >= 0.6 is 0 Å². The molecule has 0 unspecified atom stereocenters. The van der Waals surface area contributed by atoms with Crippen molar-refractivity contribution in [3.63, 3.8) is 0 Å². The van der Waals surface area contributed by atoms with E-state index in [0.29, 0.717) is 0 Å². The molecule has 1 radical (unpaired) electrons. The van der Waals surface area contributed by atoms with Crippen LogP contribution in [-0.4, -0.2) is 0 Å². The molecule has 0 aromatic heterocycles. The quantitative estimate of drug-likeness (QED) is 0.430. The summed E-state index contributed by atoms with van der Waals surface area (Å²) in [6.07, 6.45) is 26.0. The van der Waals surface area contributed by atoms with Gasteiger partial charge < -0.3 is 0 Å². The van der Waals surface area contributed by atoms with Crippen LogP contribution in [0.25, 0.3) is 0 Å². The average molecular weight is 423 g/mol. The van der Waals surface area contributed by atoms with Crippen molar-refractivity contribution in [2.24, 2.45) is 0 Å². The van der Waals surface area contributed by atoms with E-state index in [0.717, 1.165) is 0 Å². The smallest absolute Gasteiger partial charge is 0 e. The molecule has 0 fully saturated rings. The summed E-state index contributed by atoms with van der Waals surface area (Å²) < 4.78 is 34.0. The number of hydrogen-bond donors (Lipinski definition) is 0. The average Bonchev–Trinajstić information content (AvgIpc) is 2.24. The third-order valence-corrected chi connectivity index (χ3v) is 3.32. The molecule has 133 valence electrons. The first-order valence-electron chi connectivity index (χ1n) is 7.92. The number of allylic oxidation sites excluding steroid dienone is 4. The van der Waals surface area contributed by atoms with Crippen LogP contribution in [0.3, 0.4) is 0 Å². The van der Waals surface area contributed by atoms with Crippen molar-refractivity contribution >= 4 is 0 Å². The topological polar surface area (TPSA) is 92.2 Å². The van der Waals surface area contributed by atoms with Crippen LogP contribution < -0.4 is 18.6 Å². The maximum atomic E-state index is 8.49. The molecule has 0 saturated carbocycles. The van der Waals surface area contributed by atoms with Gasteiger partial charge in [0.15, 0.2) is 0 Å². The minimum atomic E-state index is -4.94. The third-order valence-electron chi connectivity index (χ3n) is 3.32. The van der Waals surface area contributed by atoms with E-state index in [2.05, 4.69) is 24.3 Å². The molecule has 2 aliphatic rings. The van der Waals surface area contributed by atoms with Crippen molar-refractivity contribution in [1.82, 2.24) is 0 Å². The molecule has 4 nitrogen and oxygen atoms in total. The summed E-state index contributed by atoms with van der Waals surface area (Å²) in [6, 6.07) is 0. The van der Waals surface area contributed by atoms with Crippen molar-refractivity contribution in [2.75, 3.05) is 0 Å². The van der Waals surface area contributed by atoms with Gasteiger partial charge >= 0.3 is 0 Å². The summed E-state index contributed by atoms with van der Waals surface area (Å²) in [5.41, 5.74) is 0. The van der Waals surface area contributed by atoms with Gasteiger partial charge in [-0.1, -0.05) is 50.0 Å². The van der Waals surface area contributed by atoms with Crippen LogP contribution in [0.2, 0.25) is 0 Å². The molecule has 0 aromatic carbocycles. The van der Waals surface area contributed by atoms with Crippen LogP contribution in [0.1, 0.15) is 77.0 Å². The predicted octanol–water partition coefficient (Wildman–Crippen LogP) is 1.04. The molecule has 0 aromatic rings. The van der Waals surface area contributed by atoms with Gasteiger partial charge in [-0.05, 0) is 51.4 Å². The summed E-state index contributed by atoms with van der Waals surface area (Å²) in [5, 5.41) is 0. The first kappa shape index (κ1) is 24.5. The Kier molecular flexibility index (Phi) is 19.6. The maximum Gasteiger partial charge on any atom is 0 e. The predicted molar refractivity (Wildman–Crippen MR) is 73.7 cm³/mol. The summed E-state index contributed by atoms with van der Waals surface area (Å²) in [7, 11) is -4.94. The zero-order valence-corrected chi connectivity index (χ0v) is 15.5. The number of halogens is 1. The van der Waals surface area contributed by atoms with Crippen molar-refractivity contribution in [2.45, 2.75) is 77.0 Å². The fraction of sp³-hybridized carbons (Fsp3) is 0.750. The van der Waals surface area contributed by atoms with Gasteiger partial charge in [0.2, 0.25) is 0 Å². The Balaban J connectivity index is 0. The van der Waals surface area contributed by atoms with E-state index in [1.807, 2.05) is 0 Å². The Morgan fingerprint density at radius 3 is 0.818 bits per heavy atom. The maximum absolute atomic E-state index is 8.49. The monoisotopic (exact) mass is 422 g/mol. The molecule has 2 aliphatic carbocycles. The molecular formula is C16H28ClO4Rh-. The Morgan fingerprint density at radius 1 is 0.455 bits per heavy atom. The molecule has 2 rings (SSSR count). The molecule has 6 heteroatoms. The molecule has 22 heavy (non-hydrogen) atoms. The standard InChI is InChI=1S/2C8H14.ClHO4.Rh/c2*1-2-4-6-8-7-5-3-1;2-1(3,4)5;/h2*1-2H,3-8H2;(H,2,3,4,5);/p-1/b2*2-1-;;. The molecule has 0 aliphatic heterocycles. The minimum absolute atomic E-state index is 0. The zero-order chi connectivity index (χ0) is 15.8. The van der Waals surface area contributed by atoms with Crippen LogP contribution in [0.4, 0.5) is 0 Å². The first-order chi connectivity index (χ1) is 10.0. The normalized spacial score (nSPS) is 21.6. The van der Waals surface area contributed by atoms with Crippen molar-refractivity contribution < 1.29 is 48.4 Å². The Morgan fingerprint density at radius 2 is 0.636 bits per heavy atom. The molecule has 0 amide bonds. The summed E-state index contributed by atoms with van der Waals surface area (Å²) >= 11 is 0. The van der Waals surface area contributed by atoms with Gasteiger partial charge in [0.05, 0.1) is 0 Å². The van der Waals surface area contributed by atoms with E-state index >= 15 is 0 Å². The van der Waals surface area contributed by atoms with Gasteiger partial charge in [-0.3, -0.25) is 0 Å². The van der Waals surface area contributed by atoms with E-state index in [1.54, 1.807) is 0 Å². The summed E-state index contributed by atoms with van der Waals surface area (Å²) in [6.45, 7) is 0. The van der Waals surface area contributed by atoms with Gasteiger partial charge in [-0.2, -0.15) is 0 Å². The molecular weight excluding hydrogens is 395 g/mol. The van der Waals surface area contributed by atoms with Crippen LogP contribution in [0, 0.1) is 10.2 Å². The van der Waals surface area contributed by atoms with Crippen molar-refractivity contribution in [3.05, 3.63) is 24.3 Å². The first-order valence-corrected chi connectivity index (χ1v) is 9.15. The van der Waals surface area contributed by atoms with Gasteiger partial charge in [-0.15, -0.1) is 10.2 Å². The number of rotatable bonds is 0.